The van der Waals surface area contributed by atoms with Gasteiger partial charge in [-0.25, -0.2) is 22.7 Å². The molecule has 2 aromatic carbocycles. The fraction of sp³-hybridized carbons (Fsp3) is 0.0952. The molecule has 0 unspecified atom stereocenters. The van der Waals surface area contributed by atoms with E-state index in [1.165, 1.54) is 42.9 Å². The summed E-state index contributed by atoms with van der Waals surface area (Å²) in [5.41, 5.74) is 1.07. The van der Waals surface area contributed by atoms with E-state index in [0.717, 1.165) is 4.57 Å². The third-order valence-electron chi connectivity index (χ3n) is 5.53. The summed E-state index contributed by atoms with van der Waals surface area (Å²) in [5, 5.41) is 5.21. The van der Waals surface area contributed by atoms with Gasteiger partial charge in [0.15, 0.2) is 11.2 Å². The maximum absolute atomic E-state index is 13.5. The molecule has 12 heteroatoms. The standard InChI is InChI=1S/C21H17FN6O4S/c1-25-18-17(19(29)26(2)21(25)30)27-11-16(12-3-5-13(22)6-4-12)28(20(27)24-18)14-7-9-15(10-8-14)33(23,31)32/h3-11H,1-2H3,(H2,23,31,32). The van der Waals surface area contributed by atoms with Crippen LogP contribution in [-0.2, 0) is 24.1 Å². The zero-order valence-electron chi connectivity index (χ0n) is 17.4. The number of hydrogen-bond acceptors (Lipinski definition) is 5. The highest BCUT2D eigenvalue weighted by molar-refractivity contribution is 7.89. The number of halogens is 1. The normalized spacial score (nSPS) is 12.1. The second kappa shape index (κ2) is 6.98. The lowest BCUT2D eigenvalue weighted by Gasteiger charge is -2.10. The lowest BCUT2D eigenvalue weighted by Crippen LogP contribution is -2.37. The van der Waals surface area contributed by atoms with E-state index in [1.54, 1.807) is 39.4 Å². The van der Waals surface area contributed by atoms with Crippen molar-refractivity contribution in [2.45, 2.75) is 4.90 Å². The number of sulfonamides is 1. The molecule has 33 heavy (non-hydrogen) atoms. The highest BCUT2D eigenvalue weighted by Gasteiger charge is 2.22. The van der Waals surface area contributed by atoms with Gasteiger partial charge in [-0.1, -0.05) is 0 Å². The van der Waals surface area contributed by atoms with Crippen molar-refractivity contribution in [3.63, 3.8) is 0 Å². The minimum atomic E-state index is -3.89. The molecule has 0 fully saturated rings. The first-order valence-electron chi connectivity index (χ1n) is 9.66. The maximum Gasteiger partial charge on any atom is 0.332 e. The quantitative estimate of drug-likeness (QED) is 0.425. The molecule has 0 spiro atoms. The van der Waals surface area contributed by atoms with Gasteiger partial charge in [-0.3, -0.25) is 22.9 Å². The Bertz CT molecular complexity index is 1790. The molecule has 5 aromatic rings. The smallest absolute Gasteiger partial charge is 0.279 e. The predicted octanol–water partition coefficient (Wildman–Crippen LogP) is 1.13. The van der Waals surface area contributed by atoms with E-state index in [-0.39, 0.29) is 16.1 Å². The first kappa shape index (κ1) is 20.8. The van der Waals surface area contributed by atoms with Gasteiger partial charge in [0, 0.05) is 31.5 Å². The van der Waals surface area contributed by atoms with Crippen molar-refractivity contribution in [2.24, 2.45) is 19.2 Å². The van der Waals surface area contributed by atoms with Crippen LogP contribution in [-0.4, -0.2) is 31.5 Å². The van der Waals surface area contributed by atoms with Crippen molar-refractivity contribution >= 4 is 27.0 Å². The van der Waals surface area contributed by atoms with Gasteiger partial charge in [-0.05, 0) is 48.5 Å². The molecule has 0 saturated carbocycles. The summed E-state index contributed by atoms with van der Waals surface area (Å²) < 4.78 is 42.4. The molecule has 0 aliphatic rings. The summed E-state index contributed by atoms with van der Waals surface area (Å²) in [6.45, 7) is 0. The van der Waals surface area contributed by atoms with E-state index >= 15 is 0 Å². The molecule has 3 aromatic heterocycles. The van der Waals surface area contributed by atoms with E-state index in [9.17, 15) is 22.4 Å². The van der Waals surface area contributed by atoms with Crippen molar-refractivity contribution in [1.29, 1.82) is 0 Å². The zero-order chi connectivity index (χ0) is 23.7. The second-order valence-electron chi connectivity index (χ2n) is 7.56. The molecule has 2 N–H and O–H groups in total. The van der Waals surface area contributed by atoms with Crippen LogP contribution in [0.3, 0.4) is 0 Å². The largest absolute Gasteiger partial charge is 0.332 e. The highest BCUT2D eigenvalue weighted by atomic mass is 32.2. The first-order chi connectivity index (χ1) is 15.6. The van der Waals surface area contributed by atoms with E-state index in [2.05, 4.69) is 4.98 Å². The Morgan fingerprint density at radius 2 is 1.58 bits per heavy atom. The van der Waals surface area contributed by atoms with Gasteiger partial charge in [-0.15, -0.1) is 0 Å². The van der Waals surface area contributed by atoms with Crippen LogP contribution in [0.4, 0.5) is 4.39 Å². The number of nitrogens with two attached hydrogens (primary N) is 1. The molecule has 0 aliphatic heterocycles. The second-order valence-corrected chi connectivity index (χ2v) is 9.12. The van der Waals surface area contributed by atoms with E-state index in [1.807, 2.05) is 0 Å². The van der Waals surface area contributed by atoms with E-state index in [0.29, 0.717) is 22.7 Å². The number of primary sulfonamides is 1. The van der Waals surface area contributed by atoms with Gasteiger partial charge in [-0.2, -0.15) is 4.98 Å². The van der Waals surface area contributed by atoms with E-state index in [4.69, 9.17) is 5.14 Å². The van der Waals surface area contributed by atoms with Gasteiger partial charge in [0.2, 0.25) is 15.8 Å². The van der Waals surface area contributed by atoms with Crippen LogP contribution < -0.4 is 16.4 Å². The molecule has 168 valence electrons. The third-order valence-corrected chi connectivity index (χ3v) is 6.46. The minimum Gasteiger partial charge on any atom is -0.279 e. The lowest BCUT2D eigenvalue weighted by atomic mass is 10.1. The summed E-state index contributed by atoms with van der Waals surface area (Å²) in [4.78, 5) is 29.8. The number of hydrogen-bond donors (Lipinski definition) is 1. The van der Waals surface area contributed by atoms with Crippen LogP contribution in [0.5, 0.6) is 0 Å². The monoisotopic (exact) mass is 468 g/mol. The van der Waals surface area contributed by atoms with Crippen molar-refractivity contribution in [2.75, 3.05) is 0 Å². The van der Waals surface area contributed by atoms with Gasteiger partial charge >= 0.3 is 5.69 Å². The molecular formula is C21H17FN6O4S. The molecule has 0 radical (unpaired) electrons. The molecule has 0 saturated heterocycles. The number of aryl methyl sites for hydroxylation is 1. The molecular weight excluding hydrogens is 451 g/mol. The van der Waals surface area contributed by atoms with Crippen LogP contribution in [0.1, 0.15) is 0 Å². The molecule has 0 aliphatic carbocycles. The van der Waals surface area contributed by atoms with E-state index < -0.39 is 27.1 Å². The number of aromatic nitrogens is 5. The summed E-state index contributed by atoms with van der Waals surface area (Å²) in [6, 6.07) is 11.6. The van der Waals surface area contributed by atoms with Gasteiger partial charge in [0.25, 0.3) is 5.56 Å². The van der Waals surface area contributed by atoms with Crippen molar-refractivity contribution < 1.29 is 12.8 Å². The number of rotatable bonds is 3. The zero-order valence-corrected chi connectivity index (χ0v) is 18.2. The Hall–Kier alpha value is -4.03. The van der Waals surface area contributed by atoms with Crippen molar-refractivity contribution in [3.8, 4) is 16.9 Å². The lowest BCUT2D eigenvalue weighted by molar-refractivity contribution is 0.598. The molecule has 0 amide bonds. The Morgan fingerprint density at radius 1 is 0.939 bits per heavy atom. The van der Waals surface area contributed by atoms with Gasteiger partial charge in [0.1, 0.15) is 5.82 Å². The van der Waals surface area contributed by atoms with Crippen LogP contribution in [0, 0.1) is 5.82 Å². The average Bonchev–Trinajstić information content (AvgIpc) is 3.32. The van der Waals surface area contributed by atoms with Crippen molar-refractivity contribution in [3.05, 3.63) is 81.4 Å². The topological polar surface area (TPSA) is 126 Å². The maximum atomic E-state index is 13.5. The van der Waals surface area contributed by atoms with Crippen LogP contribution >= 0.6 is 0 Å². The number of imidazole rings is 2. The fourth-order valence-corrected chi connectivity index (χ4v) is 4.35. The molecule has 0 bridgehead atoms. The molecule has 10 nitrogen and oxygen atoms in total. The molecule has 3 heterocycles. The Morgan fingerprint density at radius 3 is 2.18 bits per heavy atom. The third kappa shape index (κ3) is 3.10. The predicted molar refractivity (Wildman–Crippen MR) is 119 cm³/mol. The SMILES string of the molecule is Cn1c(=O)c2c(nc3n(-c4ccc(S(N)(=O)=O)cc4)c(-c4ccc(F)cc4)cn23)n(C)c1=O. The number of fused-ring (bicyclic) bond motifs is 3. The molecule has 5 rings (SSSR count). The number of nitrogens with zero attached hydrogens (tertiary/aromatic N) is 5. The average molecular weight is 468 g/mol. The van der Waals surface area contributed by atoms with Gasteiger partial charge in [0.05, 0.1) is 10.6 Å². The summed E-state index contributed by atoms with van der Waals surface area (Å²) >= 11 is 0. The van der Waals surface area contributed by atoms with Crippen LogP contribution in [0.25, 0.3) is 33.9 Å². The van der Waals surface area contributed by atoms with Crippen LogP contribution in [0.2, 0.25) is 0 Å². The summed E-state index contributed by atoms with van der Waals surface area (Å²) in [5.74, 6) is -0.0977. The first-order valence-corrected chi connectivity index (χ1v) is 11.2. The number of benzene rings is 2. The van der Waals surface area contributed by atoms with Crippen molar-refractivity contribution in [1.82, 2.24) is 23.1 Å². The van der Waals surface area contributed by atoms with Gasteiger partial charge < -0.3 is 0 Å². The Kier molecular flexibility index (Phi) is 4.41. The molecule has 0 atom stereocenters. The highest BCUT2D eigenvalue weighted by Crippen LogP contribution is 2.29. The Labute approximate surface area is 185 Å². The fourth-order valence-electron chi connectivity index (χ4n) is 3.83. The summed E-state index contributed by atoms with van der Waals surface area (Å²) in [7, 11) is -0.994. The van der Waals surface area contributed by atoms with Crippen LogP contribution in [0.15, 0.2) is 69.2 Å². The Balaban J connectivity index is 1.90. The summed E-state index contributed by atoms with van der Waals surface area (Å²) in [6.07, 6.45) is 1.66. The minimum absolute atomic E-state index is 0.0671.